The van der Waals surface area contributed by atoms with E-state index in [2.05, 4.69) is 12.6 Å². The average molecular weight is 387 g/mol. The Hall–Kier alpha value is -0.470. The van der Waals surface area contributed by atoms with Crippen LogP contribution in [0.1, 0.15) is 0 Å². The van der Waals surface area contributed by atoms with Crippen molar-refractivity contribution in [3.63, 3.8) is 0 Å². The lowest BCUT2D eigenvalue weighted by Crippen LogP contribution is -1.90. The zero-order valence-electron chi connectivity index (χ0n) is 9.94. The number of hydrogen-bond acceptors (Lipinski definition) is 4. The van der Waals surface area contributed by atoms with E-state index < -0.39 is 27.2 Å². The van der Waals surface area contributed by atoms with Gasteiger partial charge in [0.05, 0.1) is 14.9 Å². The fourth-order valence-electron chi connectivity index (χ4n) is 1.51. The van der Waals surface area contributed by atoms with Gasteiger partial charge in [-0.2, -0.15) is 0 Å². The van der Waals surface area contributed by atoms with Gasteiger partial charge in [0.2, 0.25) is 0 Å². The molecule has 112 valence electrons. The molecule has 0 saturated heterocycles. The Labute approximate surface area is 140 Å². The van der Waals surface area contributed by atoms with Crippen LogP contribution in [-0.2, 0) is 10.7 Å². The highest BCUT2D eigenvalue weighted by atomic mass is 35.5. The Balaban J connectivity index is 2.41. The van der Waals surface area contributed by atoms with Gasteiger partial charge in [0, 0.05) is 9.79 Å². The molecule has 0 N–H and O–H groups in total. The van der Waals surface area contributed by atoms with Crippen LogP contribution in [0.5, 0.6) is 0 Å². The molecule has 2 aromatic rings. The highest BCUT2D eigenvalue weighted by molar-refractivity contribution is 7.99. The summed E-state index contributed by atoms with van der Waals surface area (Å²) in [6.45, 7) is 0. The Morgan fingerprint density at radius 1 is 0.952 bits per heavy atom. The maximum atomic E-state index is 13.7. The molecule has 0 aliphatic rings. The van der Waals surface area contributed by atoms with Gasteiger partial charge in [-0.3, -0.25) is 0 Å². The van der Waals surface area contributed by atoms with E-state index in [0.717, 1.165) is 17.8 Å². The molecule has 0 aliphatic carbocycles. The lowest BCUT2D eigenvalue weighted by molar-refractivity contribution is 0.576. The molecule has 0 unspecified atom stereocenters. The van der Waals surface area contributed by atoms with Gasteiger partial charge in [0.25, 0.3) is 0 Å². The van der Waals surface area contributed by atoms with Crippen molar-refractivity contribution < 1.29 is 17.2 Å². The van der Waals surface area contributed by atoms with Crippen molar-refractivity contribution in [2.24, 2.45) is 0 Å². The molecule has 0 aromatic heterocycles. The van der Waals surface area contributed by atoms with Gasteiger partial charge in [0.1, 0.15) is 16.5 Å². The van der Waals surface area contributed by atoms with Gasteiger partial charge in [-0.1, -0.05) is 35.0 Å². The smallest absolute Gasteiger partial charge is 0.172 e. The van der Waals surface area contributed by atoms with E-state index in [4.69, 9.17) is 23.2 Å². The van der Waals surface area contributed by atoms with Gasteiger partial charge in [-0.25, -0.2) is 17.2 Å². The third-order valence-electron chi connectivity index (χ3n) is 2.40. The highest BCUT2D eigenvalue weighted by Gasteiger charge is 2.14. The molecule has 0 saturated carbocycles. The minimum atomic E-state index is -3.13. The Morgan fingerprint density at radius 3 is 1.95 bits per heavy atom. The van der Waals surface area contributed by atoms with Gasteiger partial charge >= 0.3 is 0 Å². The first kappa shape index (κ1) is 16.9. The third kappa shape index (κ3) is 3.84. The summed E-state index contributed by atoms with van der Waals surface area (Å²) in [5.74, 6) is -1.57. The normalized spacial score (nSPS) is 11.1. The first-order valence-corrected chi connectivity index (χ1v) is 8.48. The zero-order chi connectivity index (χ0) is 15.7. The second-order valence-electron chi connectivity index (χ2n) is 3.83. The highest BCUT2D eigenvalue weighted by Crippen LogP contribution is 2.36. The summed E-state index contributed by atoms with van der Waals surface area (Å²) in [6.07, 6.45) is 0. The van der Waals surface area contributed by atoms with Crippen molar-refractivity contribution in [1.82, 2.24) is 0 Å². The van der Waals surface area contributed by atoms with Crippen molar-refractivity contribution in [3.8, 4) is 0 Å². The lowest BCUT2D eigenvalue weighted by atomic mass is 10.3. The summed E-state index contributed by atoms with van der Waals surface area (Å²) < 4.78 is 48.9. The zero-order valence-corrected chi connectivity index (χ0v) is 14.1. The molecule has 0 atom stereocenters. The molecule has 21 heavy (non-hydrogen) atoms. The number of hydrogen-bond donors (Lipinski definition) is 2. The molecule has 0 radical (unpaired) electrons. The van der Waals surface area contributed by atoms with Crippen LogP contribution in [-0.4, -0.2) is 8.42 Å². The standard InChI is InChI=1S/C12H6Cl2F2O2S3/c13-7-1-5(3-9(15)11(7)19)20-6-2-8(14)12(21(17)18)10(16)4-6/h1-4,19,21H. The summed E-state index contributed by atoms with van der Waals surface area (Å²) >= 11 is 16.4. The molecule has 0 spiro atoms. The average Bonchev–Trinajstić information content (AvgIpc) is 2.34. The predicted molar refractivity (Wildman–Crippen MR) is 82.8 cm³/mol. The SMILES string of the molecule is O=[SH](=O)c1c(F)cc(Sc2cc(F)c(S)c(Cl)c2)cc1Cl. The molecule has 9 heteroatoms. The van der Waals surface area contributed by atoms with E-state index in [0.29, 0.717) is 9.79 Å². The van der Waals surface area contributed by atoms with Crippen molar-refractivity contribution in [1.29, 1.82) is 0 Å². The van der Waals surface area contributed by atoms with Crippen LogP contribution < -0.4 is 0 Å². The van der Waals surface area contributed by atoms with Crippen LogP contribution in [0, 0.1) is 11.6 Å². The van der Waals surface area contributed by atoms with Crippen LogP contribution >= 0.6 is 47.6 Å². The van der Waals surface area contributed by atoms with Gasteiger partial charge in [-0.15, -0.1) is 12.6 Å². The number of halogens is 4. The fourth-order valence-corrected chi connectivity index (χ4v) is 3.82. The second kappa shape index (κ2) is 6.75. The first-order chi connectivity index (χ1) is 9.79. The molecule has 2 rings (SSSR count). The number of rotatable bonds is 3. The van der Waals surface area contributed by atoms with Gasteiger partial charge < -0.3 is 0 Å². The van der Waals surface area contributed by atoms with Crippen LogP contribution in [0.4, 0.5) is 8.78 Å². The minimum Gasteiger partial charge on any atom is -0.227 e. The van der Waals surface area contributed by atoms with Crippen LogP contribution in [0.3, 0.4) is 0 Å². The van der Waals surface area contributed by atoms with E-state index in [1.54, 1.807) is 0 Å². The maximum Gasteiger partial charge on any atom is 0.172 e. The number of benzene rings is 2. The molecule has 0 bridgehead atoms. The molecule has 0 amide bonds. The van der Waals surface area contributed by atoms with Gasteiger partial charge in [-0.05, 0) is 24.3 Å². The van der Waals surface area contributed by atoms with E-state index in [-0.39, 0.29) is 14.9 Å². The fraction of sp³-hybridized carbons (Fsp3) is 0. The third-order valence-corrected chi connectivity index (χ3v) is 5.48. The molecule has 2 aromatic carbocycles. The first-order valence-electron chi connectivity index (χ1n) is 5.29. The van der Waals surface area contributed by atoms with Crippen molar-refractivity contribution in [2.45, 2.75) is 19.6 Å². The summed E-state index contributed by atoms with van der Waals surface area (Å²) in [6, 6.07) is 4.95. The van der Waals surface area contributed by atoms with Crippen LogP contribution in [0.2, 0.25) is 10.0 Å². The quantitative estimate of drug-likeness (QED) is 0.751. The second-order valence-corrected chi connectivity index (χ2v) is 7.20. The summed E-state index contributed by atoms with van der Waals surface area (Å²) in [5.41, 5.74) is 0. The lowest BCUT2D eigenvalue weighted by Gasteiger charge is -2.07. The van der Waals surface area contributed by atoms with Gasteiger partial charge in [0.15, 0.2) is 10.7 Å². The summed E-state index contributed by atoms with van der Waals surface area (Å²) in [7, 11) is -3.13. The monoisotopic (exact) mass is 386 g/mol. The largest absolute Gasteiger partial charge is 0.227 e. The predicted octanol–water partition coefficient (Wildman–Crippen LogP) is 4.68. The topological polar surface area (TPSA) is 34.1 Å². The Kier molecular flexibility index (Phi) is 5.43. The maximum absolute atomic E-state index is 13.7. The van der Waals surface area contributed by atoms with Crippen molar-refractivity contribution in [3.05, 3.63) is 45.9 Å². The minimum absolute atomic E-state index is 0.0175. The van der Waals surface area contributed by atoms with Crippen LogP contribution in [0.25, 0.3) is 0 Å². The Bertz CT molecular complexity index is 740. The van der Waals surface area contributed by atoms with E-state index in [9.17, 15) is 17.2 Å². The molecule has 0 fully saturated rings. The molecule has 0 heterocycles. The summed E-state index contributed by atoms with van der Waals surface area (Å²) in [5, 5.41) is -0.113. The van der Waals surface area contributed by atoms with Crippen LogP contribution in [0.15, 0.2) is 43.8 Å². The van der Waals surface area contributed by atoms with E-state index >= 15 is 0 Å². The van der Waals surface area contributed by atoms with E-state index in [1.807, 2.05) is 0 Å². The molecular weight excluding hydrogens is 381 g/mol. The van der Waals surface area contributed by atoms with Crippen molar-refractivity contribution >= 4 is 58.3 Å². The molecule has 0 aliphatic heterocycles. The van der Waals surface area contributed by atoms with Crippen molar-refractivity contribution in [2.75, 3.05) is 0 Å². The van der Waals surface area contributed by atoms with E-state index in [1.165, 1.54) is 18.2 Å². The molecule has 2 nitrogen and oxygen atoms in total. The summed E-state index contributed by atoms with van der Waals surface area (Å²) in [4.78, 5) is 0.181. The molecular formula is C12H6Cl2F2O2S3. The Morgan fingerprint density at radius 2 is 1.48 bits per heavy atom. The number of thiol groups is 2.